The van der Waals surface area contributed by atoms with E-state index < -0.39 is 97.5 Å². The van der Waals surface area contributed by atoms with Crippen molar-refractivity contribution in [1.82, 2.24) is 0 Å². The number of ether oxygens (including phenoxy) is 4. The van der Waals surface area contributed by atoms with Gasteiger partial charge >= 0.3 is 39.5 Å². The minimum absolute atomic E-state index is 0.0779. The van der Waals surface area contributed by atoms with E-state index in [2.05, 4.69) is 125 Å². The minimum Gasteiger partial charge on any atom is -0.462 e. The Kier molecular flexibility index (Phi) is 72.3. The van der Waals surface area contributed by atoms with Gasteiger partial charge in [0.05, 0.1) is 26.4 Å². The molecule has 5 atom stereocenters. The second-order valence-corrected chi connectivity index (χ2v) is 29.9. The molecule has 0 aliphatic heterocycles. The number of carbonyl (C=O) groups is 4. The number of carbonyl (C=O) groups excluding carboxylic acids is 4. The summed E-state index contributed by atoms with van der Waals surface area (Å²) in [5, 5.41) is 10.6. The molecule has 0 spiro atoms. The van der Waals surface area contributed by atoms with Gasteiger partial charge in [-0.15, -0.1) is 0 Å². The summed E-state index contributed by atoms with van der Waals surface area (Å²) in [5.74, 6) is -2.21. The summed E-state index contributed by atoms with van der Waals surface area (Å²) < 4.78 is 68.6. The highest BCUT2D eigenvalue weighted by molar-refractivity contribution is 7.47. The van der Waals surface area contributed by atoms with Crippen molar-refractivity contribution in [2.75, 3.05) is 39.6 Å². The molecule has 0 aromatic heterocycles. The van der Waals surface area contributed by atoms with Crippen LogP contribution in [0.5, 0.6) is 0 Å². The molecule has 0 radical (unpaired) electrons. The maximum Gasteiger partial charge on any atom is 0.472 e. The van der Waals surface area contributed by atoms with Crippen molar-refractivity contribution in [3.05, 3.63) is 97.2 Å². The van der Waals surface area contributed by atoms with Gasteiger partial charge in [-0.2, -0.15) is 0 Å². The molecule has 19 heteroatoms. The van der Waals surface area contributed by atoms with E-state index in [4.69, 9.17) is 37.0 Å². The minimum atomic E-state index is -4.98. The molecule has 0 aromatic rings. The van der Waals surface area contributed by atoms with E-state index in [0.717, 1.165) is 193 Å². The number of aliphatic hydroxyl groups is 1. The first-order valence-corrected chi connectivity index (χ1v) is 43.5. The molecular weight excluding hydrogens is 1330 g/mol. The van der Waals surface area contributed by atoms with Gasteiger partial charge in [0.1, 0.15) is 19.3 Å². The van der Waals surface area contributed by atoms with Crippen LogP contribution >= 0.6 is 15.6 Å². The summed E-state index contributed by atoms with van der Waals surface area (Å²) in [4.78, 5) is 73.0. The van der Waals surface area contributed by atoms with Gasteiger partial charge in [0.2, 0.25) is 0 Å². The predicted octanol–water partition coefficient (Wildman–Crippen LogP) is 23.6. The van der Waals surface area contributed by atoms with E-state index in [0.29, 0.717) is 25.7 Å². The van der Waals surface area contributed by atoms with Crippen molar-refractivity contribution in [3.8, 4) is 0 Å². The van der Waals surface area contributed by atoms with Gasteiger partial charge in [0.25, 0.3) is 0 Å². The van der Waals surface area contributed by atoms with Crippen molar-refractivity contribution in [2.24, 2.45) is 0 Å². The second kappa shape index (κ2) is 75.2. The highest BCUT2D eigenvalue weighted by atomic mass is 31.2. The highest BCUT2D eigenvalue weighted by Crippen LogP contribution is 2.45. The SMILES string of the molecule is CC/C=C\C/C=C\C/C=C\C/C=C\CCCCCCCCC(=O)OCC(COP(=O)(O)OCC(O)COP(=O)(O)OCC(COC(=O)CCCCCCC/C=C\CCCCCCCC)OC(=O)CCCCCCC/C=C\C/C=C\CCC)OC(=O)CCCCCCC/C=C\CCCCCCCC. The third kappa shape index (κ3) is 74.3. The maximum absolute atomic E-state index is 13.1. The summed E-state index contributed by atoms with van der Waals surface area (Å²) in [6.45, 7) is 4.68. The normalized spacial score (nSPS) is 14.4. The second-order valence-electron chi connectivity index (χ2n) is 27.0. The van der Waals surface area contributed by atoms with Crippen LogP contribution in [0.15, 0.2) is 97.2 Å². The number of aliphatic hydroxyl groups excluding tert-OH is 1. The van der Waals surface area contributed by atoms with Gasteiger partial charge in [0.15, 0.2) is 12.2 Å². The number of allylic oxidation sites excluding steroid dienone is 16. The fourth-order valence-electron chi connectivity index (χ4n) is 10.8. The summed E-state index contributed by atoms with van der Waals surface area (Å²) >= 11 is 0. The van der Waals surface area contributed by atoms with E-state index >= 15 is 0 Å². The molecule has 0 aliphatic carbocycles. The van der Waals surface area contributed by atoms with Crippen molar-refractivity contribution in [1.29, 1.82) is 0 Å². The van der Waals surface area contributed by atoms with Crippen LogP contribution in [0.2, 0.25) is 0 Å². The molecule has 0 amide bonds. The third-order valence-electron chi connectivity index (χ3n) is 17.0. The lowest BCUT2D eigenvalue weighted by Gasteiger charge is -2.21. The lowest BCUT2D eigenvalue weighted by molar-refractivity contribution is -0.161. The molecule has 590 valence electrons. The first-order valence-electron chi connectivity index (χ1n) is 40.5. The number of hydrogen-bond donors (Lipinski definition) is 3. The Morgan fingerprint density at radius 2 is 0.529 bits per heavy atom. The first-order chi connectivity index (χ1) is 49.7. The zero-order valence-electron chi connectivity index (χ0n) is 64.5. The molecule has 0 saturated heterocycles. The van der Waals surface area contributed by atoms with Gasteiger partial charge in [-0.3, -0.25) is 37.3 Å². The van der Waals surface area contributed by atoms with Crippen molar-refractivity contribution in [3.63, 3.8) is 0 Å². The van der Waals surface area contributed by atoms with E-state index in [-0.39, 0.29) is 25.7 Å². The first kappa shape index (κ1) is 98.0. The Morgan fingerprint density at radius 3 is 0.833 bits per heavy atom. The van der Waals surface area contributed by atoms with Crippen molar-refractivity contribution >= 4 is 39.5 Å². The van der Waals surface area contributed by atoms with Gasteiger partial charge < -0.3 is 33.8 Å². The zero-order valence-corrected chi connectivity index (χ0v) is 66.3. The van der Waals surface area contributed by atoms with E-state index in [1.54, 1.807) is 0 Å². The summed E-state index contributed by atoms with van der Waals surface area (Å²) in [5.41, 5.74) is 0. The van der Waals surface area contributed by atoms with Gasteiger partial charge in [-0.25, -0.2) is 9.13 Å². The Morgan fingerprint density at radius 1 is 0.284 bits per heavy atom. The molecule has 3 N–H and O–H groups in total. The molecule has 0 aliphatic rings. The van der Waals surface area contributed by atoms with Crippen LogP contribution in [-0.4, -0.2) is 96.7 Å². The van der Waals surface area contributed by atoms with Crippen molar-refractivity contribution < 1.29 is 80.2 Å². The van der Waals surface area contributed by atoms with Crippen LogP contribution in [0.3, 0.4) is 0 Å². The molecule has 0 heterocycles. The molecule has 0 rings (SSSR count). The number of hydrogen-bond acceptors (Lipinski definition) is 15. The summed E-state index contributed by atoms with van der Waals surface area (Å²) in [7, 11) is -9.96. The van der Waals surface area contributed by atoms with Gasteiger partial charge in [-0.05, 0) is 141 Å². The average molecular weight is 1480 g/mol. The van der Waals surface area contributed by atoms with E-state index in [1.807, 2.05) is 0 Å². The fraction of sp³-hybridized carbons (Fsp3) is 0.759. The van der Waals surface area contributed by atoms with Crippen LogP contribution in [0.1, 0.15) is 349 Å². The summed E-state index contributed by atoms with van der Waals surface area (Å²) in [6.07, 6.45) is 79.5. The van der Waals surface area contributed by atoms with Crippen molar-refractivity contribution in [2.45, 2.75) is 367 Å². The lowest BCUT2D eigenvalue weighted by Crippen LogP contribution is -2.30. The fourth-order valence-corrected chi connectivity index (χ4v) is 12.4. The molecule has 0 saturated carbocycles. The van der Waals surface area contributed by atoms with Crippen LogP contribution in [0.25, 0.3) is 0 Å². The average Bonchev–Trinajstić information content (AvgIpc) is 0.924. The Bertz CT molecular complexity index is 2310. The molecular formula is C83H146O17P2. The molecule has 5 unspecified atom stereocenters. The largest absolute Gasteiger partial charge is 0.472 e. The monoisotopic (exact) mass is 1480 g/mol. The Balaban J connectivity index is 5.36. The zero-order chi connectivity index (χ0) is 74.6. The van der Waals surface area contributed by atoms with Crippen LogP contribution in [-0.2, 0) is 65.4 Å². The van der Waals surface area contributed by atoms with Gasteiger partial charge in [0, 0.05) is 25.7 Å². The molecule has 0 aromatic carbocycles. The predicted molar refractivity (Wildman–Crippen MR) is 418 cm³/mol. The summed E-state index contributed by atoms with van der Waals surface area (Å²) in [6, 6.07) is 0. The smallest absolute Gasteiger partial charge is 0.462 e. The molecule has 0 fully saturated rings. The van der Waals surface area contributed by atoms with Crippen LogP contribution < -0.4 is 0 Å². The molecule has 0 bridgehead atoms. The quantitative estimate of drug-likeness (QED) is 0.0169. The number of phosphoric ester groups is 2. The van der Waals surface area contributed by atoms with Crippen LogP contribution in [0, 0.1) is 0 Å². The maximum atomic E-state index is 13.1. The molecule has 17 nitrogen and oxygen atoms in total. The number of unbranched alkanes of at least 4 members (excludes halogenated alkanes) is 34. The Labute approximate surface area is 620 Å². The van der Waals surface area contributed by atoms with E-state index in [1.165, 1.54) is 77.0 Å². The lowest BCUT2D eigenvalue weighted by atomic mass is 10.1. The topological polar surface area (TPSA) is 237 Å². The van der Waals surface area contributed by atoms with Gasteiger partial charge in [-0.1, -0.05) is 279 Å². The van der Waals surface area contributed by atoms with E-state index in [9.17, 15) is 43.2 Å². The number of phosphoric acid groups is 2. The Hall–Kier alpha value is -4.02. The number of rotatable bonds is 76. The molecule has 102 heavy (non-hydrogen) atoms. The third-order valence-corrected chi connectivity index (χ3v) is 18.9. The highest BCUT2D eigenvalue weighted by Gasteiger charge is 2.30. The van der Waals surface area contributed by atoms with Crippen LogP contribution in [0.4, 0.5) is 0 Å². The standard InChI is InChI=1S/C83H146O17P2/c1-5-9-13-17-21-25-29-33-36-37-38-39-42-45-48-52-56-60-64-68-81(86)94-74-79(100-83(88)70-66-62-58-54-50-46-41-35-31-27-23-19-15-11-7-3)76-98-102(91,92)96-72-77(84)71-95-101(89,90)97-75-78(99-82(87)69-65-61-57-53-49-43-32-28-24-20-16-12-8-4)73-93-80(85)67-63-59-55-51-47-44-40-34-30-26-22-18-14-10-6-2/h9,13,16,20-21,25,28,32-36,38-41,77-79,84H,5-8,10-12,14-15,17-19,22-24,26-27,29-31,37,42-76H2,1-4H3,(H,89,90)(H,91,92)/b13-9-,20-16-,25-21-,32-28-,36-33-,39-38-,40-34-,41-35-. The number of esters is 4.